The fraction of sp³-hybridized carbons (Fsp3) is 0.727. The van der Waals surface area contributed by atoms with Crippen LogP contribution in [0, 0.1) is 0 Å². The molecule has 0 aliphatic carbocycles. The average molecular weight is 272 g/mol. The molecule has 0 bridgehead atoms. The van der Waals surface area contributed by atoms with Gasteiger partial charge in [-0.25, -0.2) is 4.98 Å². The molecular weight excluding hydrogens is 252 g/mol. The second kappa shape index (κ2) is 5.46. The second-order valence-electron chi connectivity index (χ2n) is 4.54. The lowest BCUT2D eigenvalue weighted by Gasteiger charge is -2.34. The molecule has 0 unspecified atom stereocenters. The Bertz CT molecular complexity index is 372. The predicted molar refractivity (Wildman–Crippen MR) is 77.8 cm³/mol. The molecule has 1 aromatic heterocycles. The van der Waals surface area contributed by atoms with Crippen LogP contribution in [-0.2, 0) is 0 Å². The van der Waals surface area contributed by atoms with E-state index in [1.807, 2.05) is 7.05 Å². The number of hydrogen-bond donors (Lipinski definition) is 2. The lowest BCUT2D eigenvalue weighted by atomic mass is 10.0. The first kappa shape index (κ1) is 13.0. The van der Waals surface area contributed by atoms with Gasteiger partial charge in [-0.05, 0) is 33.0 Å². The molecule has 4 nitrogen and oxygen atoms in total. The van der Waals surface area contributed by atoms with Crippen LogP contribution in [0.5, 0.6) is 0 Å². The monoisotopic (exact) mass is 272 g/mol. The fourth-order valence-electron chi connectivity index (χ4n) is 2.15. The Morgan fingerprint density at radius 1 is 1.47 bits per heavy atom. The van der Waals surface area contributed by atoms with Crippen LogP contribution >= 0.6 is 24.0 Å². The molecule has 6 heteroatoms. The molecule has 1 N–H and O–H groups in total. The number of thiazole rings is 1. The number of anilines is 2. The molecule has 96 valence electrons. The third kappa shape index (κ3) is 2.86. The van der Waals surface area contributed by atoms with E-state index in [4.69, 9.17) is 0 Å². The summed E-state index contributed by atoms with van der Waals surface area (Å²) in [5.74, 6) is 0. The number of aromatic nitrogens is 1. The van der Waals surface area contributed by atoms with Crippen molar-refractivity contribution >= 4 is 34.1 Å². The van der Waals surface area contributed by atoms with Crippen molar-refractivity contribution in [1.82, 2.24) is 9.88 Å². The molecule has 0 atom stereocenters. The Hall–Kier alpha value is -0.460. The first-order valence-electron chi connectivity index (χ1n) is 5.90. The Balaban J connectivity index is 2.05. The van der Waals surface area contributed by atoms with E-state index in [0.717, 1.165) is 15.2 Å². The summed E-state index contributed by atoms with van der Waals surface area (Å²) in [6, 6.07) is 0.606. The number of rotatable bonds is 3. The minimum Gasteiger partial charge on any atom is -0.378 e. The van der Waals surface area contributed by atoms with Gasteiger partial charge in [-0.1, -0.05) is 11.3 Å². The minimum atomic E-state index is 0.606. The molecule has 0 saturated carbocycles. The highest BCUT2D eigenvalue weighted by atomic mass is 32.1. The Morgan fingerprint density at radius 3 is 2.65 bits per heavy atom. The highest BCUT2D eigenvalue weighted by molar-refractivity contribution is 7.80. The summed E-state index contributed by atoms with van der Waals surface area (Å²) in [7, 11) is 6.23. The quantitative estimate of drug-likeness (QED) is 0.824. The lowest BCUT2D eigenvalue weighted by molar-refractivity contribution is 0.253. The van der Waals surface area contributed by atoms with Crippen molar-refractivity contribution in [2.45, 2.75) is 23.9 Å². The van der Waals surface area contributed by atoms with Crippen LogP contribution in [0.4, 0.5) is 10.1 Å². The Kier molecular flexibility index (Phi) is 4.17. The molecule has 17 heavy (non-hydrogen) atoms. The molecule has 1 aliphatic rings. The molecule has 1 saturated heterocycles. The SMILES string of the molecule is CNc1sc(N(C)C2CCN(C)CC2)nc1S. The summed E-state index contributed by atoms with van der Waals surface area (Å²) >= 11 is 6.05. The van der Waals surface area contributed by atoms with Crippen LogP contribution in [0.3, 0.4) is 0 Å². The first-order chi connectivity index (χ1) is 8.11. The number of piperidine rings is 1. The van der Waals surface area contributed by atoms with Crippen LogP contribution < -0.4 is 10.2 Å². The Morgan fingerprint density at radius 2 is 2.12 bits per heavy atom. The maximum atomic E-state index is 4.51. The summed E-state index contributed by atoms with van der Waals surface area (Å²) in [5, 5.41) is 6.03. The standard InChI is InChI=1S/C11H20N4S2/c1-12-10-9(16)13-11(17-10)15(3)8-4-6-14(2)7-5-8/h8,12,16H,4-7H2,1-3H3. The van der Waals surface area contributed by atoms with Gasteiger partial charge in [-0.2, -0.15) is 0 Å². The van der Waals surface area contributed by atoms with Crippen molar-refractivity contribution in [3.63, 3.8) is 0 Å². The number of hydrogen-bond acceptors (Lipinski definition) is 6. The van der Waals surface area contributed by atoms with E-state index in [-0.39, 0.29) is 0 Å². The summed E-state index contributed by atoms with van der Waals surface area (Å²) < 4.78 is 0. The molecule has 0 amide bonds. The van der Waals surface area contributed by atoms with Gasteiger partial charge in [0.25, 0.3) is 0 Å². The lowest BCUT2D eigenvalue weighted by Crippen LogP contribution is -2.41. The zero-order valence-electron chi connectivity index (χ0n) is 10.6. The van der Waals surface area contributed by atoms with Crippen LogP contribution in [0.15, 0.2) is 5.03 Å². The van der Waals surface area contributed by atoms with E-state index in [1.165, 1.54) is 25.9 Å². The molecule has 0 radical (unpaired) electrons. The highest BCUT2D eigenvalue weighted by Gasteiger charge is 2.23. The minimum absolute atomic E-state index is 0.606. The fourth-order valence-corrected chi connectivity index (χ4v) is 3.42. The van der Waals surface area contributed by atoms with Crippen molar-refractivity contribution in [2.75, 3.05) is 44.4 Å². The Labute approximate surface area is 112 Å². The largest absolute Gasteiger partial charge is 0.378 e. The number of likely N-dealkylation sites (tertiary alicyclic amines) is 1. The van der Waals surface area contributed by atoms with Crippen LogP contribution in [0.1, 0.15) is 12.8 Å². The number of thiol groups is 1. The molecule has 1 aliphatic heterocycles. The van der Waals surface area contributed by atoms with E-state index in [1.54, 1.807) is 11.3 Å². The van der Waals surface area contributed by atoms with E-state index in [2.05, 4.69) is 46.8 Å². The van der Waals surface area contributed by atoms with Gasteiger partial charge in [0.15, 0.2) is 5.13 Å². The molecule has 1 fully saturated rings. The van der Waals surface area contributed by atoms with Gasteiger partial charge >= 0.3 is 0 Å². The zero-order chi connectivity index (χ0) is 12.4. The molecule has 1 aromatic rings. The van der Waals surface area contributed by atoms with Gasteiger partial charge in [0.2, 0.25) is 0 Å². The highest BCUT2D eigenvalue weighted by Crippen LogP contribution is 2.34. The van der Waals surface area contributed by atoms with Crippen molar-refractivity contribution in [3.05, 3.63) is 0 Å². The van der Waals surface area contributed by atoms with Crippen molar-refractivity contribution in [2.24, 2.45) is 0 Å². The van der Waals surface area contributed by atoms with Gasteiger partial charge in [0.1, 0.15) is 10.0 Å². The third-order valence-corrected chi connectivity index (χ3v) is 5.00. The van der Waals surface area contributed by atoms with Crippen molar-refractivity contribution in [1.29, 1.82) is 0 Å². The topological polar surface area (TPSA) is 31.4 Å². The molecule has 0 spiro atoms. The van der Waals surface area contributed by atoms with Crippen LogP contribution in [0.25, 0.3) is 0 Å². The maximum absolute atomic E-state index is 4.51. The van der Waals surface area contributed by atoms with Crippen molar-refractivity contribution in [3.8, 4) is 0 Å². The molecule has 0 aromatic carbocycles. The van der Waals surface area contributed by atoms with Gasteiger partial charge in [0.05, 0.1) is 0 Å². The zero-order valence-corrected chi connectivity index (χ0v) is 12.3. The van der Waals surface area contributed by atoms with Gasteiger partial charge in [0, 0.05) is 20.1 Å². The third-order valence-electron chi connectivity index (χ3n) is 3.36. The molecule has 2 rings (SSSR count). The van der Waals surface area contributed by atoms with E-state index >= 15 is 0 Å². The van der Waals surface area contributed by atoms with E-state index in [0.29, 0.717) is 6.04 Å². The maximum Gasteiger partial charge on any atom is 0.188 e. The van der Waals surface area contributed by atoms with E-state index in [9.17, 15) is 0 Å². The van der Waals surface area contributed by atoms with Gasteiger partial charge in [-0.15, -0.1) is 12.6 Å². The number of nitrogens with one attached hydrogen (secondary N) is 1. The number of nitrogens with zero attached hydrogens (tertiary/aromatic N) is 3. The second-order valence-corrected chi connectivity index (χ2v) is 5.95. The summed E-state index contributed by atoms with van der Waals surface area (Å²) in [6.07, 6.45) is 2.42. The normalized spacial score (nSPS) is 18.4. The van der Waals surface area contributed by atoms with Crippen LogP contribution in [-0.4, -0.2) is 50.2 Å². The summed E-state index contributed by atoms with van der Waals surface area (Å²) in [6.45, 7) is 2.35. The first-order valence-corrected chi connectivity index (χ1v) is 7.17. The summed E-state index contributed by atoms with van der Waals surface area (Å²) in [4.78, 5) is 9.20. The molecule has 2 heterocycles. The predicted octanol–water partition coefficient (Wildman–Crippen LogP) is 2.00. The summed E-state index contributed by atoms with van der Waals surface area (Å²) in [5.41, 5.74) is 0. The molecular formula is C11H20N4S2. The van der Waals surface area contributed by atoms with Crippen LogP contribution in [0.2, 0.25) is 0 Å². The smallest absolute Gasteiger partial charge is 0.188 e. The van der Waals surface area contributed by atoms with E-state index < -0.39 is 0 Å². The van der Waals surface area contributed by atoms with Gasteiger partial charge in [-0.3, -0.25) is 0 Å². The average Bonchev–Trinajstić information content (AvgIpc) is 2.70. The van der Waals surface area contributed by atoms with Crippen molar-refractivity contribution < 1.29 is 0 Å². The van der Waals surface area contributed by atoms with Gasteiger partial charge < -0.3 is 15.1 Å².